The molecule has 1 amide bonds. The maximum atomic E-state index is 11.1. The molecule has 17 heavy (non-hydrogen) atoms. The van der Waals surface area contributed by atoms with Gasteiger partial charge in [-0.15, -0.1) is 0 Å². The smallest absolute Gasteiger partial charge is 0.407 e. The summed E-state index contributed by atoms with van der Waals surface area (Å²) < 4.78 is 9.75. The molecule has 1 heterocycles. The molecular weight excluding hydrogens is 228 g/mol. The molecule has 1 rings (SSSR count). The van der Waals surface area contributed by atoms with Crippen molar-refractivity contribution in [3.05, 3.63) is 12.7 Å². The van der Waals surface area contributed by atoms with E-state index in [1.54, 1.807) is 0 Å². The predicted octanol–water partition coefficient (Wildman–Crippen LogP) is -1.31. The lowest BCUT2D eigenvalue weighted by Gasteiger charge is -2.34. The zero-order valence-electron chi connectivity index (χ0n) is 9.41. The van der Waals surface area contributed by atoms with Gasteiger partial charge < -0.3 is 30.7 Å². The molecule has 0 aromatic heterocycles. The highest BCUT2D eigenvalue weighted by Gasteiger charge is 2.34. The van der Waals surface area contributed by atoms with Crippen molar-refractivity contribution < 1.29 is 24.5 Å². The molecule has 7 nitrogen and oxygen atoms in total. The fourth-order valence-corrected chi connectivity index (χ4v) is 1.50. The van der Waals surface area contributed by atoms with Crippen molar-refractivity contribution in [2.45, 2.75) is 31.0 Å². The fraction of sp³-hybridized carbons (Fsp3) is 0.700. The second-order valence-electron chi connectivity index (χ2n) is 3.81. The molecule has 1 aliphatic rings. The fourth-order valence-electron chi connectivity index (χ4n) is 1.50. The largest absolute Gasteiger partial charge is 0.445 e. The van der Waals surface area contributed by atoms with Crippen molar-refractivity contribution in [3.8, 4) is 0 Å². The molecule has 0 spiro atoms. The van der Waals surface area contributed by atoms with Gasteiger partial charge in [-0.3, -0.25) is 0 Å². The van der Waals surface area contributed by atoms with Crippen molar-refractivity contribution in [1.29, 1.82) is 0 Å². The SMILES string of the molecule is C=CCOC(=O)NCC1CC(N)C(O)C(O)O1. The van der Waals surface area contributed by atoms with Crippen LogP contribution in [0, 0.1) is 0 Å². The van der Waals surface area contributed by atoms with Gasteiger partial charge in [-0.05, 0) is 6.42 Å². The van der Waals surface area contributed by atoms with Crippen molar-refractivity contribution in [2.24, 2.45) is 5.73 Å². The minimum absolute atomic E-state index is 0.123. The van der Waals surface area contributed by atoms with Crippen LogP contribution in [0.3, 0.4) is 0 Å². The van der Waals surface area contributed by atoms with E-state index in [2.05, 4.69) is 11.9 Å². The highest BCUT2D eigenvalue weighted by molar-refractivity contribution is 5.67. The topological polar surface area (TPSA) is 114 Å². The average molecular weight is 246 g/mol. The maximum absolute atomic E-state index is 11.1. The summed E-state index contributed by atoms with van der Waals surface area (Å²) in [5, 5.41) is 21.1. The Bertz CT molecular complexity index is 261. The Morgan fingerprint density at radius 3 is 2.94 bits per heavy atom. The number of hydrogen-bond acceptors (Lipinski definition) is 6. The molecule has 0 aromatic rings. The van der Waals surface area contributed by atoms with Gasteiger partial charge in [0.2, 0.25) is 0 Å². The molecule has 0 aromatic carbocycles. The second kappa shape index (κ2) is 6.55. The average Bonchev–Trinajstić information content (AvgIpc) is 2.30. The predicted molar refractivity (Wildman–Crippen MR) is 59.0 cm³/mol. The van der Waals surface area contributed by atoms with Crippen molar-refractivity contribution in [2.75, 3.05) is 13.2 Å². The summed E-state index contributed by atoms with van der Waals surface area (Å²) in [5.41, 5.74) is 5.60. The Morgan fingerprint density at radius 1 is 1.65 bits per heavy atom. The first-order valence-electron chi connectivity index (χ1n) is 5.33. The molecule has 5 N–H and O–H groups in total. The molecule has 98 valence electrons. The molecule has 0 bridgehead atoms. The number of ether oxygens (including phenoxy) is 2. The first-order valence-corrected chi connectivity index (χ1v) is 5.33. The van der Waals surface area contributed by atoms with Crippen molar-refractivity contribution in [3.63, 3.8) is 0 Å². The number of aliphatic hydroxyl groups is 2. The Hall–Kier alpha value is -1.15. The molecular formula is C10H18N2O5. The first-order chi connectivity index (χ1) is 8.04. The first kappa shape index (κ1) is 13.9. The minimum Gasteiger partial charge on any atom is -0.445 e. The van der Waals surface area contributed by atoms with E-state index in [1.165, 1.54) is 6.08 Å². The van der Waals surface area contributed by atoms with Gasteiger partial charge in [0.25, 0.3) is 0 Å². The number of aliphatic hydroxyl groups excluding tert-OH is 2. The molecule has 4 unspecified atom stereocenters. The molecule has 7 heteroatoms. The van der Waals surface area contributed by atoms with E-state index < -0.39 is 30.6 Å². The van der Waals surface area contributed by atoms with Gasteiger partial charge in [0.05, 0.1) is 6.10 Å². The number of amides is 1. The van der Waals surface area contributed by atoms with Gasteiger partial charge >= 0.3 is 6.09 Å². The molecule has 1 aliphatic heterocycles. The number of nitrogens with two attached hydrogens (primary N) is 1. The Labute approximate surface area is 99.2 Å². The van der Waals surface area contributed by atoms with E-state index in [4.69, 9.17) is 15.2 Å². The van der Waals surface area contributed by atoms with Crippen molar-refractivity contribution in [1.82, 2.24) is 5.32 Å². The summed E-state index contributed by atoms with van der Waals surface area (Å²) in [6.07, 6.45) is -1.66. The third-order valence-corrected chi connectivity index (χ3v) is 2.40. The second-order valence-corrected chi connectivity index (χ2v) is 3.81. The Kier molecular flexibility index (Phi) is 5.36. The van der Waals surface area contributed by atoms with Crippen LogP contribution in [-0.4, -0.2) is 54.0 Å². The van der Waals surface area contributed by atoms with Gasteiger partial charge in [0.1, 0.15) is 12.7 Å². The normalized spacial score (nSPS) is 32.9. The van der Waals surface area contributed by atoms with Gasteiger partial charge in [0, 0.05) is 12.6 Å². The quantitative estimate of drug-likeness (QED) is 0.458. The van der Waals surface area contributed by atoms with E-state index in [0.717, 1.165) is 0 Å². The zero-order valence-corrected chi connectivity index (χ0v) is 9.41. The van der Waals surface area contributed by atoms with Crippen LogP contribution < -0.4 is 11.1 Å². The highest BCUT2D eigenvalue weighted by Crippen LogP contribution is 2.16. The molecule has 4 atom stereocenters. The number of hydrogen-bond donors (Lipinski definition) is 4. The van der Waals surface area contributed by atoms with E-state index in [9.17, 15) is 15.0 Å². The summed E-state index contributed by atoms with van der Waals surface area (Å²) in [6.45, 7) is 3.69. The molecule has 1 fully saturated rings. The number of carbonyl (C=O) groups is 1. The lowest BCUT2D eigenvalue weighted by Crippen LogP contribution is -2.54. The van der Waals surface area contributed by atoms with Crippen LogP contribution in [0.4, 0.5) is 4.79 Å². The summed E-state index contributed by atoms with van der Waals surface area (Å²) >= 11 is 0. The number of nitrogens with one attached hydrogen (secondary N) is 1. The monoisotopic (exact) mass is 246 g/mol. The van der Waals surface area contributed by atoms with Crippen LogP contribution in [0.1, 0.15) is 6.42 Å². The number of carbonyl (C=O) groups excluding carboxylic acids is 1. The van der Waals surface area contributed by atoms with Crippen LogP contribution in [0.15, 0.2) is 12.7 Å². The van der Waals surface area contributed by atoms with Crippen molar-refractivity contribution >= 4 is 6.09 Å². The molecule has 1 saturated heterocycles. The van der Waals surface area contributed by atoms with E-state index in [1.807, 2.05) is 0 Å². The Balaban J connectivity index is 2.28. The third kappa shape index (κ3) is 4.31. The van der Waals surface area contributed by atoms with E-state index in [0.29, 0.717) is 6.42 Å². The van der Waals surface area contributed by atoms with Crippen LogP contribution in [-0.2, 0) is 9.47 Å². The van der Waals surface area contributed by atoms with Gasteiger partial charge in [-0.25, -0.2) is 4.79 Å². The summed E-state index contributed by atoms with van der Waals surface area (Å²) in [7, 11) is 0. The van der Waals surface area contributed by atoms with Crippen LogP contribution >= 0.6 is 0 Å². The third-order valence-electron chi connectivity index (χ3n) is 2.40. The molecule has 0 saturated carbocycles. The summed E-state index contributed by atoms with van der Waals surface area (Å²) in [4.78, 5) is 11.1. The standard InChI is InChI=1S/C10H18N2O5/c1-2-3-16-10(15)12-5-6-4-7(11)8(13)9(14)17-6/h2,6-9,13-14H,1,3-5,11H2,(H,12,15). The van der Waals surface area contributed by atoms with Crippen LogP contribution in [0.5, 0.6) is 0 Å². The van der Waals surface area contributed by atoms with Gasteiger partial charge in [0.15, 0.2) is 6.29 Å². The van der Waals surface area contributed by atoms with E-state index in [-0.39, 0.29) is 13.2 Å². The lowest BCUT2D eigenvalue weighted by atomic mass is 10.0. The molecule has 0 aliphatic carbocycles. The zero-order chi connectivity index (χ0) is 12.8. The number of rotatable bonds is 4. The summed E-state index contributed by atoms with van der Waals surface area (Å²) in [5.74, 6) is 0. The van der Waals surface area contributed by atoms with Crippen LogP contribution in [0.25, 0.3) is 0 Å². The summed E-state index contributed by atoms with van der Waals surface area (Å²) in [6, 6.07) is -0.574. The highest BCUT2D eigenvalue weighted by atomic mass is 16.6. The van der Waals surface area contributed by atoms with Gasteiger partial charge in [-0.1, -0.05) is 12.7 Å². The maximum Gasteiger partial charge on any atom is 0.407 e. The molecule has 0 radical (unpaired) electrons. The minimum atomic E-state index is -1.32. The number of alkyl carbamates (subject to hydrolysis) is 1. The Morgan fingerprint density at radius 2 is 2.35 bits per heavy atom. The van der Waals surface area contributed by atoms with Crippen LogP contribution in [0.2, 0.25) is 0 Å². The van der Waals surface area contributed by atoms with E-state index >= 15 is 0 Å². The van der Waals surface area contributed by atoms with Gasteiger partial charge in [-0.2, -0.15) is 0 Å². The lowest BCUT2D eigenvalue weighted by molar-refractivity contribution is -0.219.